The highest BCUT2D eigenvalue weighted by atomic mass is 19.2. The molecule has 1 saturated carbocycles. The van der Waals surface area contributed by atoms with Crippen molar-refractivity contribution in [2.24, 2.45) is 11.8 Å². The molecular formula is C19H23F2N3O3. The maximum Gasteiger partial charge on any atom is 0.227 e. The van der Waals surface area contributed by atoms with E-state index in [2.05, 4.69) is 5.32 Å². The van der Waals surface area contributed by atoms with Crippen molar-refractivity contribution in [3.05, 3.63) is 29.8 Å². The maximum absolute atomic E-state index is 13.2. The number of carbonyl (C=O) groups excluding carboxylic acids is 3. The number of hydrogen-bond donors (Lipinski definition) is 1. The van der Waals surface area contributed by atoms with Gasteiger partial charge < -0.3 is 15.1 Å². The maximum atomic E-state index is 13.2. The predicted molar refractivity (Wildman–Crippen MR) is 94.7 cm³/mol. The minimum absolute atomic E-state index is 0.0971. The Balaban J connectivity index is 1.48. The highest BCUT2D eigenvalue weighted by molar-refractivity contribution is 5.92. The molecule has 0 radical (unpaired) electrons. The van der Waals surface area contributed by atoms with Crippen molar-refractivity contribution in [1.29, 1.82) is 0 Å². The second-order valence-corrected chi connectivity index (χ2v) is 7.13. The molecule has 8 heteroatoms. The first-order valence-electron chi connectivity index (χ1n) is 9.22. The van der Waals surface area contributed by atoms with Crippen LogP contribution >= 0.6 is 0 Å². The van der Waals surface area contributed by atoms with E-state index < -0.39 is 11.6 Å². The van der Waals surface area contributed by atoms with Crippen molar-refractivity contribution < 1.29 is 23.2 Å². The number of amides is 3. The van der Waals surface area contributed by atoms with Crippen molar-refractivity contribution in [3.8, 4) is 0 Å². The smallest absolute Gasteiger partial charge is 0.227 e. The SMILES string of the molecule is O=CN1CCN(C(=O)C2CCC(C(=O)Nc3ccc(F)c(F)c3)CC2)CC1. The predicted octanol–water partition coefficient (Wildman–Crippen LogP) is 2.01. The number of carbonyl (C=O) groups is 3. The van der Waals surface area contributed by atoms with E-state index in [9.17, 15) is 23.2 Å². The topological polar surface area (TPSA) is 69.7 Å². The minimum atomic E-state index is -1.00. The zero-order chi connectivity index (χ0) is 19.4. The lowest BCUT2D eigenvalue weighted by Crippen LogP contribution is -2.50. The first kappa shape index (κ1) is 19.3. The zero-order valence-electron chi connectivity index (χ0n) is 15.0. The van der Waals surface area contributed by atoms with Gasteiger partial charge in [-0.05, 0) is 37.8 Å². The van der Waals surface area contributed by atoms with Crippen molar-refractivity contribution in [2.45, 2.75) is 25.7 Å². The van der Waals surface area contributed by atoms with Crippen LogP contribution in [0.4, 0.5) is 14.5 Å². The van der Waals surface area contributed by atoms with Crippen LogP contribution in [-0.2, 0) is 14.4 Å². The molecule has 1 aromatic carbocycles. The summed E-state index contributed by atoms with van der Waals surface area (Å²) in [5.41, 5.74) is 0.227. The molecule has 0 aromatic heterocycles. The Bertz CT molecular complexity index is 712. The molecule has 27 heavy (non-hydrogen) atoms. The fraction of sp³-hybridized carbons (Fsp3) is 0.526. The summed E-state index contributed by atoms with van der Waals surface area (Å²) in [4.78, 5) is 39.2. The Kier molecular flexibility index (Phi) is 6.03. The summed E-state index contributed by atoms with van der Waals surface area (Å²) < 4.78 is 26.2. The van der Waals surface area contributed by atoms with Gasteiger partial charge in [0.15, 0.2) is 11.6 Å². The first-order chi connectivity index (χ1) is 13.0. The summed E-state index contributed by atoms with van der Waals surface area (Å²) in [6, 6.07) is 3.26. The van der Waals surface area contributed by atoms with Gasteiger partial charge in [0.25, 0.3) is 0 Å². The lowest BCUT2D eigenvalue weighted by atomic mass is 9.80. The Hall–Kier alpha value is -2.51. The number of nitrogens with one attached hydrogen (secondary N) is 1. The molecule has 0 unspecified atom stereocenters. The largest absolute Gasteiger partial charge is 0.342 e. The second kappa shape index (κ2) is 8.45. The average molecular weight is 379 g/mol. The molecule has 2 aliphatic rings. The number of benzene rings is 1. The van der Waals surface area contributed by atoms with E-state index in [0.29, 0.717) is 51.9 Å². The van der Waals surface area contributed by atoms with Crippen molar-refractivity contribution in [1.82, 2.24) is 9.80 Å². The third-order valence-corrected chi connectivity index (χ3v) is 5.41. The second-order valence-electron chi connectivity index (χ2n) is 7.13. The van der Waals surface area contributed by atoms with E-state index in [1.165, 1.54) is 6.07 Å². The molecule has 0 atom stereocenters. The third-order valence-electron chi connectivity index (χ3n) is 5.41. The Morgan fingerprint density at radius 2 is 1.59 bits per heavy atom. The van der Waals surface area contributed by atoms with Gasteiger partial charge in [0.2, 0.25) is 18.2 Å². The molecule has 6 nitrogen and oxygen atoms in total. The molecule has 2 fully saturated rings. The highest BCUT2D eigenvalue weighted by Gasteiger charge is 2.33. The van der Waals surface area contributed by atoms with Crippen molar-refractivity contribution in [2.75, 3.05) is 31.5 Å². The fourth-order valence-corrected chi connectivity index (χ4v) is 3.73. The van der Waals surface area contributed by atoms with Gasteiger partial charge in [0.05, 0.1) is 0 Å². The van der Waals surface area contributed by atoms with Crippen LogP contribution in [0.3, 0.4) is 0 Å². The van der Waals surface area contributed by atoms with E-state index in [4.69, 9.17) is 0 Å². The molecule has 0 spiro atoms. The molecule has 1 aliphatic carbocycles. The Morgan fingerprint density at radius 1 is 0.963 bits per heavy atom. The van der Waals surface area contributed by atoms with Crippen molar-refractivity contribution >= 4 is 23.9 Å². The van der Waals surface area contributed by atoms with E-state index in [0.717, 1.165) is 18.5 Å². The fourth-order valence-electron chi connectivity index (χ4n) is 3.73. The van der Waals surface area contributed by atoms with Gasteiger partial charge in [-0.3, -0.25) is 14.4 Å². The number of piperazine rings is 1. The molecule has 1 N–H and O–H groups in total. The quantitative estimate of drug-likeness (QED) is 0.814. The van der Waals surface area contributed by atoms with Crippen LogP contribution in [0.2, 0.25) is 0 Å². The van der Waals surface area contributed by atoms with E-state index in [1.54, 1.807) is 9.80 Å². The summed E-state index contributed by atoms with van der Waals surface area (Å²) in [5, 5.41) is 2.62. The van der Waals surface area contributed by atoms with Crippen LogP contribution in [0.15, 0.2) is 18.2 Å². The molecule has 1 aliphatic heterocycles. The van der Waals surface area contributed by atoms with E-state index >= 15 is 0 Å². The third kappa shape index (κ3) is 4.61. The average Bonchev–Trinajstić information content (AvgIpc) is 2.70. The van der Waals surface area contributed by atoms with Gasteiger partial charge in [0.1, 0.15) is 0 Å². The molecule has 1 aromatic rings. The summed E-state index contributed by atoms with van der Waals surface area (Å²) in [6.45, 7) is 2.21. The molecule has 146 valence electrons. The van der Waals surface area contributed by atoms with Crippen LogP contribution in [0.5, 0.6) is 0 Å². The summed E-state index contributed by atoms with van der Waals surface area (Å²) in [7, 11) is 0. The number of rotatable bonds is 4. The monoisotopic (exact) mass is 379 g/mol. The Labute approximate surface area is 156 Å². The normalized spacial score (nSPS) is 23.0. The highest BCUT2D eigenvalue weighted by Crippen LogP contribution is 2.31. The summed E-state index contributed by atoms with van der Waals surface area (Å²) in [5.74, 6) is -2.43. The van der Waals surface area contributed by atoms with Crippen LogP contribution in [0.25, 0.3) is 0 Å². The van der Waals surface area contributed by atoms with E-state index in [1.807, 2.05) is 0 Å². The van der Waals surface area contributed by atoms with Crippen LogP contribution < -0.4 is 5.32 Å². The van der Waals surface area contributed by atoms with Gasteiger partial charge in [-0.1, -0.05) is 0 Å². The molecule has 1 heterocycles. The molecule has 3 amide bonds. The van der Waals surface area contributed by atoms with Gasteiger partial charge in [0, 0.05) is 49.8 Å². The zero-order valence-corrected chi connectivity index (χ0v) is 15.0. The molecule has 1 saturated heterocycles. The number of nitrogens with zero attached hydrogens (tertiary/aromatic N) is 2. The summed E-state index contributed by atoms with van der Waals surface area (Å²) >= 11 is 0. The van der Waals surface area contributed by atoms with Crippen LogP contribution in [-0.4, -0.2) is 54.2 Å². The van der Waals surface area contributed by atoms with Crippen LogP contribution in [0.1, 0.15) is 25.7 Å². The van der Waals surface area contributed by atoms with Gasteiger partial charge in [-0.25, -0.2) is 8.78 Å². The lowest BCUT2D eigenvalue weighted by molar-refractivity contribution is -0.140. The number of anilines is 1. The Morgan fingerprint density at radius 3 is 2.19 bits per heavy atom. The lowest BCUT2D eigenvalue weighted by Gasteiger charge is -2.36. The molecule has 0 bridgehead atoms. The van der Waals surface area contributed by atoms with Gasteiger partial charge >= 0.3 is 0 Å². The number of hydrogen-bond acceptors (Lipinski definition) is 3. The molecule has 3 rings (SSSR count). The summed E-state index contributed by atoms with van der Waals surface area (Å²) in [6.07, 6.45) is 3.23. The van der Waals surface area contributed by atoms with Gasteiger partial charge in [-0.15, -0.1) is 0 Å². The van der Waals surface area contributed by atoms with Crippen LogP contribution in [0, 0.1) is 23.5 Å². The van der Waals surface area contributed by atoms with E-state index in [-0.39, 0.29) is 29.3 Å². The van der Waals surface area contributed by atoms with Crippen molar-refractivity contribution in [3.63, 3.8) is 0 Å². The standard InChI is InChI=1S/C19H23F2N3O3/c20-16-6-5-15(11-17(16)21)22-18(26)13-1-3-14(4-2-13)19(27)24-9-7-23(12-25)8-10-24/h5-6,11-14H,1-4,7-10H2,(H,22,26). The minimum Gasteiger partial charge on any atom is -0.342 e. The van der Waals surface area contributed by atoms with Gasteiger partial charge in [-0.2, -0.15) is 0 Å². The first-order valence-corrected chi connectivity index (χ1v) is 9.22. The molecular weight excluding hydrogens is 356 g/mol. The number of halogens is 2.